The van der Waals surface area contributed by atoms with E-state index in [-0.39, 0.29) is 10.9 Å². The van der Waals surface area contributed by atoms with Gasteiger partial charge in [-0.1, -0.05) is 6.42 Å². The molecule has 2 rings (SSSR count). The number of hydrogen-bond donors (Lipinski definition) is 2. The molecule has 1 aliphatic carbocycles. The predicted octanol–water partition coefficient (Wildman–Crippen LogP) is 2.98. The molecule has 0 saturated heterocycles. The lowest BCUT2D eigenvalue weighted by molar-refractivity contribution is 0.421. The summed E-state index contributed by atoms with van der Waals surface area (Å²) in [6, 6.07) is 4.74. The lowest BCUT2D eigenvalue weighted by atomic mass is 9.96. The number of halogens is 1. The van der Waals surface area contributed by atoms with E-state index < -0.39 is 10.0 Å². The minimum atomic E-state index is -3.49. The average molecular weight is 379 g/mol. The van der Waals surface area contributed by atoms with E-state index in [2.05, 4.69) is 26.9 Å². The molecule has 0 spiro atoms. The molecule has 1 aromatic carbocycles. The van der Waals surface area contributed by atoms with Gasteiger partial charge in [-0.15, -0.1) is 0 Å². The molecule has 2 atom stereocenters. The maximum Gasteiger partial charge on any atom is 0.240 e. The van der Waals surface area contributed by atoms with Gasteiger partial charge >= 0.3 is 0 Å². The Labute approximate surface area is 133 Å². The van der Waals surface area contributed by atoms with Gasteiger partial charge in [0.1, 0.15) is 0 Å². The lowest BCUT2D eigenvalue weighted by Gasteiger charge is -2.28. The maximum absolute atomic E-state index is 12.4. The van der Waals surface area contributed by atoms with Crippen molar-refractivity contribution in [2.45, 2.75) is 41.9 Å². The van der Waals surface area contributed by atoms with Gasteiger partial charge in [-0.25, -0.2) is 13.1 Å². The Bertz CT molecular complexity index is 578. The second-order valence-electron chi connectivity index (χ2n) is 5.03. The molecule has 0 aliphatic heterocycles. The number of nitrogens with one attached hydrogen (secondary N) is 1. The van der Waals surface area contributed by atoms with Gasteiger partial charge in [-0.3, -0.25) is 0 Å². The highest BCUT2D eigenvalue weighted by molar-refractivity contribution is 9.10. The summed E-state index contributed by atoms with van der Waals surface area (Å²) in [6.45, 7) is 0. The fourth-order valence-corrected chi connectivity index (χ4v) is 4.83. The van der Waals surface area contributed by atoms with Crippen LogP contribution in [0.25, 0.3) is 0 Å². The molecule has 0 radical (unpaired) electrons. The molecule has 1 aliphatic rings. The summed E-state index contributed by atoms with van der Waals surface area (Å²) in [5.41, 5.74) is 6.18. The molecule has 4 nitrogen and oxygen atoms in total. The van der Waals surface area contributed by atoms with E-state index in [1.54, 1.807) is 12.1 Å². The number of nitrogen functional groups attached to an aromatic ring is 1. The maximum atomic E-state index is 12.4. The third-order valence-electron chi connectivity index (χ3n) is 3.56. The van der Waals surface area contributed by atoms with Gasteiger partial charge in [-0.05, 0) is 59.6 Å². The fourth-order valence-electron chi connectivity index (χ4n) is 2.44. The van der Waals surface area contributed by atoms with E-state index in [9.17, 15) is 8.42 Å². The van der Waals surface area contributed by atoms with E-state index >= 15 is 0 Å². The minimum Gasteiger partial charge on any atom is -0.398 e. The van der Waals surface area contributed by atoms with E-state index in [4.69, 9.17) is 5.73 Å². The van der Waals surface area contributed by atoms with Gasteiger partial charge in [0.2, 0.25) is 10.0 Å². The highest BCUT2D eigenvalue weighted by atomic mass is 79.9. The minimum absolute atomic E-state index is 0.0241. The monoisotopic (exact) mass is 378 g/mol. The van der Waals surface area contributed by atoms with Gasteiger partial charge in [0.15, 0.2) is 0 Å². The molecule has 2 unspecified atom stereocenters. The Kier molecular flexibility index (Phi) is 5.39. The Morgan fingerprint density at radius 3 is 2.80 bits per heavy atom. The van der Waals surface area contributed by atoms with Crippen LogP contribution >= 0.6 is 27.7 Å². The molecule has 1 aromatic rings. The van der Waals surface area contributed by atoms with Gasteiger partial charge in [0, 0.05) is 21.5 Å². The first-order valence-electron chi connectivity index (χ1n) is 6.52. The average Bonchev–Trinajstić information content (AvgIpc) is 2.41. The summed E-state index contributed by atoms with van der Waals surface area (Å²) in [6.07, 6.45) is 6.12. The molecule has 3 N–H and O–H groups in total. The van der Waals surface area contributed by atoms with Crippen LogP contribution in [0.2, 0.25) is 0 Å². The molecule has 7 heteroatoms. The summed E-state index contributed by atoms with van der Waals surface area (Å²) >= 11 is 5.08. The summed E-state index contributed by atoms with van der Waals surface area (Å²) in [5, 5.41) is 0.548. The molecule has 0 amide bonds. The highest BCUT2D eigenvalue weighted by Gasteiger charge is 2.26. The summed E-state index contributed by atoms with van der Waals surface area (Å²) in [7, 11) is -3.49. The number of sulfonamides is 1. The highest BCUT2D eigenvalue weighted by Crippen LogP contribution is 2.28. The second-order valence-corrected chi connectivity index (χ2v) is 8.73. The zero-order valence-corrected chi connectivity index (χ0v) is 14.5. The Balaban J connectivity index is 2.12. The van der Waals surface area contributed by atoms with Crippen molar-refractivity contribution in [3.05, 3.63) is 22.7 Å². The topological polar surface area (TPSA) is 72.2 Å². The Morgan fingerprint density at radius 2 is 2.15 bits per heavy atom. The number of rotatable bonds is 4. The lowest BCUT2D eigenvalue weighted by Crippen LogP contribution is -2.39. The standard InChI is InChI=1S/C13H19BrN2O2S2/c1-19-10-4-2-3-9(7-10)16-20(17,18)11-5-6-12(14)13(15)8-11/h5-6,8-10,16H,2-4,7,15H2,1H3. The van der Waals surface area contributed by atoms with Crippen molar-refractivity contribution in [2.24, 2.45) is 0 Å². The molecule has 0 heterocycles. The first-order chi connectivity index (χ1) is 9.42. The fraction of sp³-hybridized carbons (Fsp3) is 0.538. The number of benzene rings is 1. The Hall–Kier alpha value is -0.240. The molecule has 0 bridgehead atoms. The van der Waals surface area contributed by atoms with Gasteiger partial charge in [-0.2, -0.15) is 11.8 Å². The van der Waals surface area contributed by atoms with E-state index in [1.165, 1.54) is 12.5 Å². The van der Waals surface area contributed by atoms with Crippen molar-refractivity contribution in [3.63, 3.8) is 0 Å². The van der Waals surface area contributed by atoms with Crippen LogP contribution in [0.3, 0.4) is 0 Å². The molecule has 1 fully saturated rings. The van der Waals surface area contributed by atoms with Crippen LogP contribution in [0.5, 0.6) is 0 Å². The first-order valence-corrected chi connectivity index (χ1v) is 10.1. The van der Waals surface area contributed by atoms with Crippen LogP contribution < -0.4 is 10.5 Å². The summed E-state index contributed by atoms with van der Waals surface area (Å²) < 4.78 is 28.3. The van der Waals surface area contributed by atoms with Crippen molar-refractivity contribution in [1.82, 2.24) is 4.72 Å². The van der Waals surface area contributed by atoms with E-state index in [0.29, 0.717) is 15.4 Å². The van der Waals surface area contributed by atoms with Crippen LogP contribution in [-0.4, -0.2) is 26.0 Å². The zero-order valence-electron chi connectivity index (χ0n) is 11.3. The molecule has 112 valence electrons. The van der Waals surface area contributed by atoms with Crippen LogP contribution in [0, 0.1) is 0 Å². The quantitative estimate of drug-likeness (QED) is 0.789. The molecular weight excluding hydrogens is 360 g/mol. The Morgan fingerprint density at radius 1 is 1.40 bits per heavy atom. The van der Waals surface area contributed by atoms with Crippen LogP contribution in [0.1, 0.15) is 25.7 Å². The van der Waals surface area contributed by atoms with Crippen molar-refractivity contribution in [3.8, 4) is 0 Å². The largest absolute Gasteiger partial charge is 0.398 e. The smallest absolute Gasteiger partial charge is 0.240 e. The second kappa shape index (κ2) is 6.68. The van der Waals surface area contributed by atoms with Crippen molar-refractivity contribution >= 4 is 43.4 Å². The molecule has 1 saturated carbocycles. The number of thioether (sulfide) groups is 1. The normalized spacial score (nSPS) is 23.7. The van der Waals surface area contributed by atoms with Crippen molar-refractivity contribution in [2.75, 3.05) is 12.0 Å². The van der Waals surface area contributed by atoms with Crippen LogP contribution in [0.4, 0.5) is 5.69 Å². The van der Waals surface area contributed by atoms with E-state index in [0.717, 1.165) is 19.3 Å². The zero-order chi connectivity index (χ0) is 14.8. The number of anilines is 1. The number of hydrogen-bond acceptors (Lipinski definition) is 4. The third kappa shape index (κ3) is 3.90. The van der Waals surface area contributed by atoms with Crippen molar-refractivity contribution < 1.29 is 8.42 Å². The third-order valence-corrected chi connectivity index (χ3v) is 6.89. The summed E-state index contributed by atoms with van der Waals surface area (Å²) in [5.74, 6) is 0. The van der Waals surface area contributed by atoms with E-state index in [1.807, 2.05) is 11.8 Å². The van der Waals surface area contributed by atoms with Gasteiger partial charge in [0.25, 0.3) is 0 Å². The van der Waals surface area contributed by atoms with Gasteiger partial charge in [0.05, 0.1) is 4.90 Å². The van der Waals surface area contributed by atoms with Crippen LogP contribution in [-0.2, 0) is 10.0 Å². The first kappa shape index (κ1) is 16.1. The molecule has 0 aromatic heterocycles. The van der Waals surface area contributed by atoms with Gasteiger partial charge < -0.3 is 5.73 Å². The number of nitrogens with two attached hydrogens (primary N) is 1. The predicted molar refractivity (Wildman–Crippen MR) is 88.4 cm³/mol. The molecule has 20 heavy (non-hydrogen) atoms. The van der Waals surface area contributed by atoms with Crippen molar-refractivity contribution in [1.29, 1.82) is 0 Å². The molecular formula is C13H19BrN2O2S2. The summed E-state index contributed by atoms with van der Waals surface area (Å²) in [4.78, 5) is 0.226. The van der Waals surface area contributed by atoms with Crippen LogP contribution in [0.15, 0.2) is 27.6 Å². The SMILES string of the molecule is CSC1CCCC(NS(=O)(=O)c2ccc(Br)c(N)c2)C1.